The Hall–Kier alpha value is -0.870. The molecular weight excluding hydrogens is 278 g/mol. The van der Waals surface area contributed by atoms with E-state index in [-0.39, 0.29) is 0 Å². The Balaban J connectivity index is 1.82. The molecule has 0 aromatic carbocycles. The maximum atomic E-state index is 6.15. The van der Waals surface area contributed by atoms with Crippen LogP contribution in [0.1, 0.15) is 37.5 Å². The lowest BCUT2D eigenvalue weighted by atomic mass is 9.95. The van der Waals surface area contributed by atoms with Crippen LogP contribution in [0.15, 0.2) is 12.4 Å². The second-order valence-corrected chi connectivity index (χ2v) is 6.83. The Morgan fingerprint density at radius 1 is 1.32 bits per heavy atom. The van der Waals surface area contributed by atoms with Gasteiger partial charge in [-0.25, -0.2) is 9.97 Å². The highest BCUT2D eigenvalue weighted by Crippen LogP contribution is 2.31. The van der Waals surface area contributed by atoms with E-state index < -0.39 is 0 Å². The van der Waals surface area contributed by atoms with Crippen molar-refractivity contribution < 1.29 is 0 Å². The van der Waals surface area contributed by atoms with E-state index in [0.717, 1.165) is 48.1 Å². The summed E-state index contributed by atoms with van der Waals surface area (Å²) in [5, 5.41) is 5.10. The molecule has 3 rings (SSSR count). The fourth-order valence-electron chi connectivity index (χ4n) is 2.59. The molecule has 0 amide bonds. The van der Waals surface area contributed by atoms with Gasteiger partial charge in [0.25, 0.3) is 0 Å². The second-order valence-electron chi connectivity index (χ2n) is 5.10. The van der Waals surface area contributed by atoms with Gasteiger partial charge in [0.2, 0.25) is 0 Å². The number of aryl methyl sites for hydroxylation is 1. The van der Waals surface area contributed by atoms with Gasteiger partial charge < -0.3 is 5.32 Å². The van der Waals surface area contributed by atoms with E-state index in [9.17, 15) is 0 Å². The fourth-order valence-corrected chi connectivity index (χ4v) is 3.77. The molecule has 2 aromatic rings. The summed E-state index contributed by atoms with van der Waals surface area (Å²) >= 11 is 7.91. The smallest absolute Gasteiger partial charge is 0.138 e. The first-order valence-corrected chi connectivity index (χ1v) is 8.15. The monoisotopic (exact) mass is 295 g/mol. The topological polar surface area (TPSA) is 37.8 Å². The van der Waals surface area contributed by atoms with Gasteiger partial charge in [-0.15, -0.1) is 22.9 Å². The van der Waals surface area contributed by atoms with Crippen LogP contribution in [0.2, 0.25) is 0 Å². The maximum Gasteiger partial charge on any atom is 0.138 e. The van der Waals surface area contributed by atoms with E-state index in [1.807, 2.05) is 0 Å². The lowest BCUT2D eigenvalue weighted by molar-refractivity contribution is 0.468. The Labute approximate surface area is 122 Å². The van der Waals surface area contributed by atoms with Gasteiger partial charge in [0.1, 0.15) is 17.0 Å². The van der Waals surface area contributed by atoms with Crippen LogP contribution < -0.4 is 5.32 Å². The highest BCUT2D eigenvalue weighted by atomic mass is 35.5. The lowest BCUT2D eigenvalue weighted by Gasteiger charge is -2.26. The number of hydrogen-bond acceptors (Lipinski definition) is 4. The van der Waals surface area contributed by atoms with E-state index in [4.69, 9.17) is 11.6 Å². The minimum Gasteiger partial charge on any atom is -0.367 e. The van der Waals surface area contributed by atoms with Gasteiger partial charge in [-0.2, -0.15) is 0 Å². The average molecular weight is 296 g/mol. The summed E-state index contributed by atoms with van der Waals surface area (Å²) in [7, 11) is 0. The summed E-state index contributed by atoms with van der Waals surface area (Å²) in [6.45, 7) is 2.17. The zero-order valence-electron chi connectivity index (χ0n) is 11.0. The highest BCUT2D eigenvalue weighted by molar-refractivity contribution is 7.18. The number of alkyl halides is 1. The predicted molar refractivity (Wildman–Crippen MR) is 82.3 cm³/mol. The Bertz CT molecular complexity index is 561. The van der Waals surface area contributed by atoms with Crippen molar-refractivity contribution in [1.29, 1.82) is 0 Å². The molecule has 1 aliphatic carbocycles. The number of hydrogen-bond donors (Lipinski definition) is 1. The Morgan fingerprint density at radius 2 is 2.11 bits per heavy atom. The number of aromatic nitrogens is 2. The van der Waals surface area contributed by atoms with Crippen molar-refractivity contribution in [2.45, 2.75) is 50.4 Å². The van der Waals surface area contributed by atoms with E-state index in [0.29, 0.717) is 11.4 Å². The predicted octanol–water partition coefficient (Wildman–Crippen LogP) is 4.22. The van der Waals surface area contributed by atoms with Crippen molar-refractivity contribution in [3.63, 3.8) is 0 Å². The number of halogens is 1. The van der Waals surface area contributed by atoms with E-state index in [1.165, 1.54) is 4.88 Å². The molecule has 0 atom stereocenters. The van der Waals surface area contributed by atoms with Crippen molar-refractivity contribution in [2.75, 3.05) is 5.32 Å². The molecule has 0 unspecified atom stereocenters. The Kier molecular flexibility index (Phi) is 3.89. The molecule has 0 saturated heterocycles. The largest absolute Gasteiger partial charge is 0.367 e. The summed E-state index contributed by atoms with van der Waals surface area (Å²) in [6.07, 6.45) is 7.16. The lowest BCUT2D eigenvalue weighted by Crippen LogP contribution is -2.26. The first-order chi connectivity index (χ1) is 9.26. The summed E-state index contributed by atoms with van der Waals surface area (Å²) in [5.41, 5.74) is 0. The van der Waals surface area contributed by atoms with Gasteiger partial charge in [0.05, 0.1) is 5.39 Å². The maximum absolute atomic E-state index is 6.15. The highest BCUT2D eigenvalue weighted by Gasteiger charge is 2.20. The van der Waals surface area contributed by atoms with Gasteiger partial charge in [-0.3, -0.25) is 0 Å². The molecule has 0 bridgehead atoms. The van der Waals surface area contributed by atoms with Crippen LogP contribution in [0.25, 0.3) is 10.2 Å². The SMILES string of the molecule is CCc1cc2c(NC3CCC(Cl)CC3)ncnc2s1. The van der Waals surface area contributed by atoms with Gasteiger partial charge >= 0.3 is 0 Å². The molecule has 0 radical (unpaired) electrons. The van der Waals surface area contributed by atoms with Crippen LogP contribution in [0, 0.1) is 0 Å². The fraction of sp³-hybridized carbons (Fsp3) is 0.571. The zero-order valence-corrected chi connectivity index (χ0v) is 12.6. The van der Waals surface area contributed by atoms with Crippen molar-refractivity contribution in [1.82, 2.24) is 9.97 Å². The zero-order chi connectivity index (χ0) is 13.2. The first-order valence-electron chi connectivity index (χ1n) is 6.90. The number of rotatable bonds is 3. The molecule has 5 heteroatoms. The standard InChI is InChI=1S/C14H18ClN3S/c1-2-11-7-12-13(16-8-17-14(12)19-11)18-10-5-3-9(15)4-6-10/h7-10H,2-6H2,1H3,(H,16,17,18). The van der Waals surface area contributed by atoms with Crippen LogP contribution >= 0.6 is 22.9 Å². The summed E-state index contributed by atoms with van der Waals surface area (Å²) in [6, 6.07) is 2.72. The first kappa shape index (κ1) is 13.1. The van der Waals surface area contributed by atoms with Crippen molar-refractivity contribution in [2.24, 2.45) is 0 Å². The van der Waals surface area contributed by atoms with Gasteiger partial charge in [0, 0.05) is 16.3 Å². The van der Waals surface area contributed by atoms with Crippen LogP contribution in [0.3, 0.4) is 0 Å². The minimum atomic E-state index is 0.358. The molecule has 1 saturated carbocycles. The molecular formula is C14H18ClN3S. The summed E-state index contributed by atoms with van der Waals surface area (Å²) in [4.78, 5) is 11.2. The molecule has 3 nitrogen and oxygen atoms in total. The molecule has 2 aromatic heterocycles. The molecule has 0 aliphatic heterocycles. The number of nitrogens with one attached hydrogen (secondary N) is 1. The molecule has 1 N–H and O–H groups in total. The summed E-state index contributed by atoms with van der Waals surface area (Å²) < 4.78 is 0. The quantitative estimate of drug-likeness (QED) is 0.862. The van der Waals surface area contributed by atoms with Crippen molar-refractivity contribution in [3.05, 3.63) is 17.3 Å². The number of anilines is 1. The van der Waals surface area contributed by atoms with Crippen LogP contribution in [0.4, 0.5) is 5.82 Å². The van der Waals surface area contributed by atoms with Gasteiger partial charge in [0.15, 0.2) is 0 Å². The third-order valence-electron chi connectivity index (χ3n) is 3.73. The molecule has 2 heterocycles. The average Bonchev–Trinajstić information content (AvgIpc) is 2.85. The number of thiophene rings is 1. The van der Waals surface area contributed by atoms with E-state index in [1.54, 1.807) is 17.7 Å². The van der Waals surface area contributed by atoms with Crippen LogP contribution in [-0.2, 0) is 6.42 Å². The third kappa shape index (κ3) is 2.84. The van der Waals surface area contributed by atoms with E-state index in [2.05, 4.69) is 28.3 Å². The summed E-state index contributed by atoms with van der Waals surface area (Å²) in [5.74, 6) is 0.985. The Morgan fingerprint density at radius 3 is 2.84 bits per heavy atom. The third-order valence-corrected chi connectivity index (χ3v) is 5.35. The van der Waals surface area contributed by atoms with Gasteiger partial charge in [-0.1, -0.05) is 6.92 Å². The van der Waals surface area contributed by atoms with Crippen LogP contribution in [0.5, 0.6) is 0 Å². The van der Waals surface area contributed by atoms with Crippen molar-refractivity contribution >= 4 is 39.0 Å². The molecule has 1 aliphatic rings. The minimum absolute atomic E-state index is 0.358. The molecule has 102 valence electrons. The van der Waals surface area contributed by atoms with Gasteiger partial charge in [-0.05, 0) is 38.2 Å². The number of nitrogens with zero attached hydrogens (tertiary/aromatic N) is 2. The second kappa shape index (κ2) is 5.63. The number of fused-ring (bicyclic) bond motifs is 1. The van der Waals surface area contributed by atoms with Crippen LogP contribution in [-0.4, -0.2) is 21.4 Å². The normalized spacial score (nSPS) is 23.7. The van der Waals surface area contributed by atoms with Crippen molar-refractivity contribution in [3.8, 4) is 0 Å². The van der Waals surface area contributed by atoms with E-state index >= 15 is 0 Å². The molecule has 19 heavy (non-hydrogen) atoms. The molecule has 1 fully saturated rings. The molecule has 0 spiro atoms.